The summed E-state index contributed by atoms with van der Waals surface area (Å²) in [5.74, 6) is 1.57. The highest BCUT2D eigenvalue weighted by Gasteiger charge is 2.71. The average molecular weight is 681 g/mol. The number of nitrogens with zero attached hydrogens (tertiary/aromatic N) is 1. The van der Waals surface area contributed by atoms with E-state index in [0.717, 1.165) is 51.6 Å². The van der Waals surface area contributed by atoms with Crippen LogP contribution >= 0.6 is 0 Å². The zero-order valence-corrected chi connectivity index (χ0v) is 32.4. The van der Waals surface area contributed by atoms with Crippen LogP contribution in [0.1, 0.15) is 139 Å². The third kappa shape index (κ3) is 5.82. The van der Waals surface area contributed by atoms with Crippen LogP contribution in [0.3, 0.4) is 0 Å². The Morgan fingerprint density at radius 1 is 0.898 bits per heavy atom. The molecule has 7 heteroatoms. The predicted molar refractivity (Wildman–Crippen MR) is 194 cm³/mol. The number of hydrogen-bond acceptors (Lipinski definition) is 5. The second-order valence-corrected chi connectivity index (χ2v) is 20.2. The molecule has 2 N–H and O–H groups in total. The Morgan fingerprint density at radius 3 is 2.24 bits per heavy atom. The van der Waals surface area contributed by atoms with Gasteiger partial charge in [-0.15, -0.1) is 0 Å². The van der Waals surface area contributed by atoms with Gasteiger partial charge in [-0.1, -0.05) is 46.8 Å². The molecule has 0 radical (unpaired) electrons. The van der Waals surface area contributed by atoms with Gasteiger partial charge in [0.15, 0.2) is 0 Å². The monoisotopic (exact) mass is 681 g/mol. The van der Waals surface area contributed by atoms with E-state index in [1.807, 2.05) is 0 Å². The van der Waals surface area contributed by atoms with Crippen LogP contribution in [-0.4, -0.2) is 60.1 Å². The normalized spacial score (nSPS) is 44.6. The number of carbonyl (C=O) groups excluding carboxylic acids is 2. The molecule has 5 saturated carbocycles. The summed E-state index contributed by atoms with van der Waals surface area (Å²) in [5, 5.41) is 13.1. The average Bonchev–Trinajstić information content (AvgIpc) is 3.57. The van der Waals surface area contributed by atoms with Crippen molar-refractivity contribution in [1.29, 1.82) is 0 Å². The molecule has 2 unspecified atom stereocenters. The van der Waals surface area contributed by atoms with Crippen molar-refractivity contribution in [3.63, 3.8) is 0 Å². The summed E-state index contributed by atoms with van der Waals surface area (Å²) in [7, 11) is 2.15. The summed E-state index contributed by atoms with van der Waals surface area (Å²) in [5.41, 5.74) is 0.634. The first kappa shape index (κ1) is 36.9. The summed E-state index contributed by atoms with van der Waals surface area (Å²) >= 11 is 0. The zero-order valence-electron chi connectivity index (χ0n) is 32.4. The first-order chi connectivity index (χ1) is 22.7. The Bertz CT molecular complexity index is 1360. The second kappa shape index (κ2) is 12.4. The Balaban J connectivity index is 1.23. The Hall–Kier alpha value is -1.89. The van der Waals surface area contributed by atoms with Crippen LogP contribution in [0.15, 0.2) is 12.2 Å². The summed E-state index contributed by atoms with van der Waals surface area (Å²) < 4.78 is 6.18. The van der Waals surface area contributed by atoms with Crippen molar-refractivity contribution in [3.8, 4) is 0 Å². The third-order valence-corrected chi connectivity index (χ3v) is 16.9. The number of amides is 1. The van der Waals surface area contributed by atoms with Gasteiger partial charge in [0.1, 0.15) is 6.10 Å². The van der Waals surface area contributed by atoms with E-state index in [9.17, 15) is 19.5 Å². The Labute approximate surface area is 297 Å². The lowest BCUT2D eigenvalue weighted by Gasteiger charge is -2.73. The smallest absolute Gasteiger partial charge is 0.309 e. The van der Waals surface area contributed by atoms with Crippen molar-refractivity contribution in [3.05, 3.63) is 12.2 Å². The molecule has 7 nitrogen and oxygen atoms in total. The standard InChI is InChI=1S/C42H68N2O5/c1-26(2)28-13-19-42(23-33(45)43-27-16-22-44(10)25-27)21-20-40(8)29(35(28)42)11-12-31-39(7)17-15-32(49-34(46)24-37(3,4)36(47)48)38(5,6)30(39)14-18-41(31,40)9/h27-32,35H,1,11-25H2,2-10H3,(H,43,45)(H,47,48)/t27-,28-,29?,30-,31+,32-,35+,39-,40?,41+,42+/m0/s1. The van der Waals surface area contributed by atoms with E-state index in [1.165, 1.54) is 37.7 Å². The van der Waals surface area contributed by atoms with Crippen LogP contribution < -0.4 is 5.32 Å². The highest BCUT2D eigenvalue weighted by Crippen LogP contribution is 2.78. The molecule has 11 atom stereocenters. The molecule has 0 bridgehead atoms. The predicted octanol–water partition coefficient (Wildman–Crippen LogP) is 8.27. The van der Waals surface area contributed by atoms with Gasteiger partial charge in [0.2, 0.25) is 5.91 Å². The molecular formula is C42H68N2O5. The van der Waals surface area contributed by atoms with E-state index in [4.69, 9.17) is 4.74 Å². The maximum Gasteiger partial charge on any atom is 0.309 e. The van der Waals surface area contributed by atoms with Gasteiger partial charge < -0.3 is 20.1 Å². The quantitative estimate of drug-likeness (QED) is 0.198. The molecule has 0 aromatic heterocycles. The van der Waals surface area contributed by atoms with E-state index in [0.29, 0.717) is 36.0 Å². The summed E-state index contributed by atoms with van der Waals surface area (Å²) in [6.45, 7) is 24.5. The zero-order chi connectivity index (χ0) is 35.9. The van der Waals surface area contributed by atoms with Gasteiger partial charge in [0, 0.05) is 24.4 Å². The highest BCUT2D eigenvalue weighted by atomic mass is 16.5. The fourth-order valence-electron chi connectivity index (χ4n) is 14.1. The van der Waals surface area contributed by atoms with Gasteiger partial charge >= 0.3 is 11.9 Å². The van der Waals surface area contributed by atoms with Gasteiger partial charge in [-0.05, 0) is 156 Å². The number of likely N-dealkylation sites (tertiary alicyclic amines) is 1. The lowest BCUT2D eigenvalue weighted by atomic mass is 9.32. The number of fused-ring (bicyclic) bond motifs is 7. The van der Waals surface area contributed by atoms with Crippen molar-refractivity contribution < 1.29 is 24.2 Å². The SMILES string of the molecule is C=C(C)[C@@H]1CC[C@]2(CC(=O)N[C@H]3CCN(C)C3)CCC3(C)C(CC[C@@H]4[C@@]5(C)CC[C@H](OC(=O)CC(C)(C)C(=O)O)C(C)(C)[C@@H]5CC[C@]43C)[C@@H]12. The molecule has 1 amide bonds. The summed E-state index contributed by atoms with van der Waals surface area (Å²) in [4.78, 5) is 40.9. The molecule has 1 heterocycles. The molecule has 0 aromatic rings. The number of nitrogens with one attached hydrogen (secondary N) is 1. The first-order valence-corrected chi connectivity index (χ1v) is 19.8. The van der Waals surface area contributed by atoms with Crippen molar-refractivity contribution in [2.75, 3.05) is 20.1 Å². The van der Waals surface area contributed by atoms with Gasteiger partial charge in [-0.25, -0.2) is 0 Å². The van der Waals surface area contributed by atoms with E-state index in [1.54, 1.807) is 13.8 Å². The molecule has 6 fully saturated rings. The number of carboxylic acids is 1. The van der Waals surface area contributed by atoms with Crippen LogP contribution in [0, 0.1) is 62.1 Å². The molecule has 1 saturated heterocycles. The van der Waals surface area contributed by atoms with Crippen molar-refractivity contribution >= 4 is 17.8 Å². The van der Waals surface area contributed by atoms with E-state index < -0.39 is 11.4 Å². The molecule has 0 aromatic carbocycles. The fraction of sp³-hybridized carbons (Fsp3) is 0.881. The van der Waals surface area contributed by atoms with Gasteiger partial charge in [0.25, 0.3) is 0 Å². The molecular weight excluding hydrogens is 612 g/mol. The number of rotatable bonds is 8. The van der Waals surface area contributed by atoms with Crippen LogP contribution in [0.4, 0.5) is 0 Å². The van der Waals surface area contributed by atoms with Gasteiger partial charge in [-0.3, -0.25) is 14.4 Å². The van der Waals surface area contributed by atoms with Crippen LogP contribution in [0.5, 0.6) is 0 Å². The minimum atomic E-state index is -1.14. The van der Waals surface area contributed by atoms with Gasteiger partial charge in [0.05, 0.1) is 11.8 Å². The molecule has 276 valence electrons. The van der Waals surface area contributed by atoms with Crippen molar-refractivity contribution in [1.82, 2.24) is 10.2 Å². The second-order valence-electron chi connectivity index (χ2n) is 20.2. The van der Waals surface area contributed by atoms with Crippen molar-refractivity contribution in [2.24, 2.45) is 62.1 Å². The summed E-state index contributed by atoms with van der Waals surface area (Å²) in [6.07, 6.45) is 12.7. The van der Waals surface area contributed by atoms with Crippen LogP contribution in [0.2, 0.25) is 0 Å². The van der Waals surface area contributed by atoms with Crippen LogP contribution in [0.25, 0.3) is 0 Å². The maximum atomic E-state index is 13.8. The minimum absolute atomic E-state index is 0.0752. The molecule has 1 aliphatic heterocycles. The molecule has 49 heavy (non-hydrogen) atoms. The highest BCUT2D eigenvalue weighted by molar-refractivity contribution is 5.81. The largest absolute Gasteiger partial charge is 0.481 e. The van der Waals surface area contributed by atoms with E-state index >= 15 is 0 Å². The number of ether oxygens (including phenoxy) is 1. The minimum Gasteiger partial charge on any atom is -0.481 e. The van der Waals surface area contributed by atoms with Crippen molar-refractivity contribution in [2.45, 2.75) is 151 Å². The molecule has 0 spiro atoms. The number of allylic oxidation sites excluding steroid dienone is 1. The number of hydrogen-bond donors (Lipinski definition) is 2. The molecule has 6 rings (SSSR count). The number of carboxylic acid groups (broad SMARTS) is 1. The lowest BCUT2D eigenvalue weighted by Crippen LogP contribution is -2.67. The topological polar surface area (TPSA) is 95.9 Å². The van der Waals surface area contributed by atoms with Gasteiger partial charge in [-0.2, -0.15) is 0 Å². The number of carbonyl (C=O) groups is 3. The Morgan fingerprint density at radius 2 is 1.61 bits per heavy atom. The number of aliphatic carboxylic acids is 1. The number of likely N-dealkylation sites (N-methyl/N-ethyl adjacent to an activating group) is 1. The summed E-state index contributed by atoms with van der Waals surface area (Å²) in [6, 6.07) is 0.282. The lowest BCUT2D eigenvalue weighted by molar-refractivity contribution is -0.250. The fourth-order valence-corrected chi connectivity index (χ4v) is 14.1. The molecule has 5 aliphatic carbocycles. The third-order valence-electron chi connectivity index (χ3n) is 16.9. The van der Waals surface area contributed by atoms with E-state index in [-0.39, 0.29) is 57.5 Å². The van der Waals surface area contributed by atoms with Crippen LogP contribution in [-0.2, 0) is 19.1 Å². The maximum absolute atomic E-state index is 13.8. The first-order valence-electron chi connectivity index (χ1n) is 19.8. The van der Waals surface area contributed by atoms with E-state index in [2.05, 4.69) is 65.4 Å². The number of esters is 1. The molecule has 6 aliphatic rings. The Kier molecular flexibility index (Phi) is 9.31.